The Hall–Kier alpha value is -0.0800. The second-order valence-electron chi connectivity index (χ2n) is 4.79. The van der Waals surface area contributed by atoms with Crippen molar-refractivity contribution in [2.24, 2.45) is 5.73 Å². The molecular formula is C12H25NO. The minimum absolute atomic E-state index is 0.785. The molecule has 0 saturated heterocycles. The topological polar surface area (TPSA) is 46.2 Å². The summed E-state index contributed by atoms with van der Waals surface area (Å²) in [6, 6.07) is 0. The van der Waals surface area contributed by atoms with Crippen LogP contribution in [0.4, 0.5) is 0 Å². The fourth-order valence-corrected chi connectivity index (χ4v) is 2.22. The zero-order valence-corrected chi connectivity index (χ0v) is 9.30. The third kappa shape index (κ3) is 5.61. The van der Waals surface area contributed by atoms with Crippen molar-refractivity contribution in [1.29, 1.82) is 0 Å². The lowest BCUT2D eigenvalue weighted by molar-refractivity contribution is 0.0238. The summed E-state index contributed by atoms with van der Waals surface area (Å²) < 4.78 is 0. The summed E-state index contributed by atoms with van der Waals surface area (Å²) >= 11 is 0. The summed E-state index contributed by atoms with van der Waals surface area (Å²) in [5, 5.41) is 9.84. The molecule has 1 saturated carbocycles. The number of nitrogens with two attached hydrogens (primary N) is 1. The second-order valence-corrected chi connectivity index (χ2v) is 4.79. The molecule has 2 heteroatoms. The van der Waals surface area contributed by atoms with Gasteiger partial charge in [-0.2, -0.15) is 0 Å². The largest absolute Gasteiger partial charge is 0.376 e. The summed E-state index contributed by atoms with van der Waals surface area (Å²) in [6.07, 6.45) is 13.0. The van der Waals surface area contributed by atoms with Crippen LogP contribution in [0.25, 0.3) is 0 Å². The molecule has 84 valence electrons. The van der Waals surface area contributed by atoms with Gasteiger partial charge >= 0.3 is 0 Å². The van der Waals surface area contributed by atoms with Crippen molar-refractivity contribution in [2.45, 2.75) is 76.4 Å². The Balaban J connectivity index is 2.24. The van der Waals surface area contributed by atoms with E-state index in [2.05, 4.69) is 0 Å². The predicted octanol–water partition coefficient (Wildman–Crippen LogP) is 2.94. The minimum Gasteiger partial charge on any atom is -0.376 e. The van der Waals surface area contributed by atoms with Crippen LogP contribution in [0.3, 0.4) is 0 Å². The molecule has 1 aliphatic rings. The van der Waals surface area contributed by atoms with E-state index in [0.717, 1.165) is 25.7 Å². The van der Waals surface area contributed by atoms with Gasteiger partial charge in [-0.1, -0.05) is 44.9 Å². The Morgan fingerprint density at radius 3 is 1.29 bits per heavy atom. The maximum atomic E-state index is 9.84. The highest BCUT2D eigenvalue weighted by molar-refractivity contribution is 4.71. The molecule has 0 aliphatic heterocycles. The first-order chi connectivity index (χ1) is 6.71. The first-order valence-electron chi connectivity index (χ1n) is 6.22. The van der Waals surface area contributed by atoms with E-state index in [9.17, 15) is 5.11 Å². The van der Waals surface area contributed by atoms with Crippen LogP contribution in [0.2, 0.25) is 0 Å². The second kappa shape index (κ2) is 6.41. The molecule has 0 unspecified atom stereocenters. The predicted molar refractivity (Wildman–Crippen MR) is 59.9 cm³/mol. The molecule has 14 heavy (non-hydrogen) atoms. The van der Waals surface area contributed by atoms with E-state index in [1.807, 2.05) is 0 Å². The van der Waals surface area contributed by atoms with Crippen LogP contribution in [0, 0.1) is 0 Å². The van der Waals surface area contributed by atoms with E-state index in [-0.39, 0.29) is 0 Å². The van der Waals surface area contributed by atoms with Gasteiger partial charge in [-0.05, 0) is 25.7 Å². The molecule has 0 spiro atoms. The van der Waals surface area contributed by atoms with E-state index >= 15 is 0 Å². The lowest BCUT2D eigenvalue weighted by atomic mass is 9.96. The third-order valence-electron chi connectivity index (χ3n) is 3.22. The highest BCUT2D eigenvalue weighted by atomic mass is 16.3. The molecule has 0 aromatic rings. The van der Waals surface area contributed by atoms with Crippen molar-refractivity contribution in [1.82, 2.24) is 0 Å². The fourth-order valence-electron chi connectivity index (χ4n) is 2.22. The minimum atomic E-state index is -0.876. The van der Waals surface area contributed by atoms with Gasteiger partial charge in [0, 0.05) is 0 Å². The smallest absolute Gasteiger partial charge is 0.113 e. The SMILES string of the molecule is NC1(O)CCCCCCCCCCC1. The monoisotopic (exact) mass is 199 g/mol. The Kier molecular flexibility index (Phi) is 5.49. The zero-order chi connectivity index (χ0) is 10.3. The zero-order valence-electron chi connectivity index (χ0n) is 9.30. The van der Waals surface area contributed by atoms with Gasteiger partial charge in [-0.25, -0.2) is 0 Å². The van der Waals surface area contributed by atoms with Crippen LogP contribution < -0.4 is 5.73 Å². The molecule has 2 nitrogen and oxygen atoms in total. The van der Waals surface area contributed by atoms with Crippen molar-refractivity contribution >= 4 is 0 Å². The summed E-state index contributed by atoms with van der Waals surface area (Å²) in [6.45, 7) is 0. The molecule has 1 aliphatic carbocycles. The van der Waals surface area contributed by atoms with Crippen molar-refractivity contribution in [3.05, 3.63) is 0 Å². The van der Waals surface area contributed by atoms with Crippen molar-refractivity contribution in [2.75, 3.05) is 0 Å². The van der Waals surface area contributed by atoms with Crippen molar-refractivity contribution < 1.29 is 5.11 Å². The quantitative estimate of drug-likeness (QED) is 0.589. The molecular weight excluding hydrogens is 174 g/mol. The summed E-state index contributed by atoms with van der Waals surface area (Å²) in [5.41, 5.74) is 4.94. The highest BCUT2D eigenvalue weighted by Gasteiger charge is 2.19. The summed E-state index contributed by atoms with van der Waals surface area (Å²) in [4.78, 5) is 0. The van der Waals surface area contributed by atoms with Gasteiger partial charge in [0.05, 0.1) is 0 Å². The molecule has 0 aromatic heterocycles. The molecule has 0 atom stereocenters. The van der Waals surface area contributed by atoms with Crippen LogP contribution in [0.1, 0.15) is 70.6 Å². The molecule has 0 radical (unpaired) electrons. The van der Waals surface area contributed by atoms with E-state index in [4.69, 9.17) is 5.73 Å². The van der Waals surface area contributed by atoms with Crippen molar-refractivity contribution in [3.8, 4) is 0 Å². The highest BCUT2D eigenvalue weighted by Crippen LogP contribution is 2.20. The average molecular weight is 199 g/mol. The van der Waals surface area contributed by atoms with Crippen LogP contribution in [-0.4, -0.2) is 10.8 Å². The molecule has 0 amide bonds. The van der Waals surface area contributed by atoms with Crippen LogP contribution >= 0.6 is 0 Å². The maximum Gasteiger partial charge on any atom is 0.113 e. The average Bonchev–Trinajstić information content (AvgIpc) is 2.11. The Labute approximate surface area is 87.9 Å². The van der Waals surface area contributed by atoms with Crippen LogP contribution in [0.5, 0.6) is 0 Å². The molecule has 1 fully saturated rings. The van der Waals surface area contributed by atoms with Gasteiger partial charge in [0.15, 0.2) is 0 Å². The van der Waals surface area contributed by atoms with Crippen LogP contribution in [0.15, 0.2) is 0 Å². The Morgan fingerprint density at radius 1 is 0.643 bits per heavy atom. The van der Waals surface area contributed by atoms with Gasteiger partial charge in [0.2, 0.25) is 0 Å². The van der Waals surface area contributed by atoms with Gasteiger partial charge in [-0.15, -0.1) is 0 Å². The lowest BCUT2D eigenvalue weighted by Crippen LogP contribution is -2.39. The van der Waals surface area contributed by atoms with E-state index in [1.165, 1.54) is 44.9 Å². The summed E-state index contributed by atoms with van der Waals surface area (Å²) in [5.74, 6) is 0. The lowest BCUT2D eigenvalue weighted by Gasteiger charge is -2.23. The molecule has 1 rings (SSSR count). The normalized spacial score (nSPS) is 26.1. The van der Waals surface area contributed by atoms with Crippen molar-refractivity contribution in [3.63, 3.8) is 0 Å². The van der Waals surface area contributed by atoms with Gasteiger partial charge in [0.25, 0.3) is 0 Å². The molecule has 0 heterocycles. The molecule has 3 N–H and O–H groups in total. The Morgan fingerprint density at radius 2 is 0.929 bits per heavy atom. The van der Waals surface area contributed by atoms with Crippen LogP contribution in [-0.2, 0) is 0 Å². The van der Waals surface area contributed by atoms with E-state index in [0.29, 0.717) is 0 Å². The van der Waals surface area contributed by atoms with Gasteiger partial charge in [-0.3, -0.25) is 0 Å². The number of rotatable bonds is 0. The fraction of sp³-hybridized carbons (Fsp3) is 1.00. The number of hydrogen-bond acceptors (Lipinski definition) is 2. The standard InChI is InChI=1S/C12H25NO/c13-12(14)10-8-6-4-2-1-3-5-7-9-11-12/h14H,1-11,13H2. The maximum absolute atomic E-state index is 9.84. The summed E-state index contributed by atoms with van der Waals surface area (Å²) in [7, 11) is 0. The third-order valence-corrected chi connectivity index (χ3v) is 3.22. The van der Waals surface area contributed by atoms with Gasteiger partial charge < -0.3 is 10.8 Å². The molecule has 0 aromatic carbocycles. The van der Waals surface area contributed by atoms with E-state index < -0.39 is 5.72 Å². The first kappa shape index (κ1) is 12.0. The Bertz CT molecular complexity index is 131. The number of aliphatic hydroxyl groups is 1. The first-order valence-corrected chi connectivity index (χ1v) is 6.22. The van der Waals surface area contributed by atoms with E-state index in [1.54, 1.807) is 0 Å². The molecule has 0 bridgehead atoms. The van der Waals surface area contributed by atoms with Gasteiger partial charge in [0.1, 0.15) is 5.72 Å². The number of hydrogen-bond donors (Lipinski definition) is 2.